The zero-order chi connectivity index (χ0) is 17.1. The maximum absolute atomic E-state index is 12.6. The van der Waals surface area contributed by atoms with Crippen molar-refractivity contribution in [3.8, 4) is 0 Å². The van der Waals surface area contributed by atoms with E-state index in [1.54, 1.807) is 4.90 Å². The standard InChI is InChI=1S/C18H23N3O3/c19-16-9-8-14(10-15(16)17(20)22)21(13-6-7-13)18(23)24-11-12-4-2-1-3-5-12/h1-5,13-14H,6-11,19H2,(H2,20,22). The highest BCUT2D eigenvalue weighted by atomic mass is 16.6. The van der Waals surface area contributed by atoms with Gasteiger partial charge in [-0.3, -0.25) is 4.79 Å². The fraction of sp³-hybridized carbons (Fsp3) is 0.444. The number of carbonyl (C=O) groups is 2. The molecular weight excluding hydrogens is 306 g/mol. The summed E-state index contributed by atoms with van der Waals surface area (Å²) in [6.45, 7) is 0.246. The smallest absolute Gasteiger partial charge is 0.410 e. The molecule has 0 aliphatic heterocycles. The van der Waals surface area contributed by atoms with Gasteiger partial charge in [0.1, 0.15) is 6.61 Å². The summed E-state index contributed by atoms with van der Waals surface area (Å²) in [6.07, 6.45) is 3.36. The van der Waals surface area contributed by atoms with E-state index in [1.807, 2.05) is 30.3 Å². The molecule has 6 heteroatoms. The van der Waals surface area contributed by atoms with Crippen LogP contribution in [0.3, 0.4) is 0 Å². The van der Waals surface area contributed by atoms with E-state index in [0.29, 0.717) is 24.1 Å². The van der Waals surface area contributed by atoms with Gasteiger partial charge in [-0.15, -0.1) is 0 Å². The van der Waals surface area contributed by atoms with Gasteiger partial charge in [0.05, 0.1) is 0 Å². The predicted octanol–water partition coefficient (Wildman–Crippen LogP) is 2.04. The molecule has 0 bridgehead atoms. The predicted molar refractivity (Wildman–Crippen MR) is 89.5 cm³/mol. The SMILES string of the molecule is NC(=O)C1=C(N)CCC(N(C(=O)OCc2ccccc2)C2CC2)C1. The summed E-state index contributed by atoms with van der Waals surface area (Å²) in [6, 6.07) is 9.72. The zero-order valence-corrected chi connectivity index (χ0v) is 13.6. The van der Waals surface area contributed by atoms with Gasteiger partial charge in [0.25, 0.3) is 0 Å². The number of primary amides is 1. The Bertz CT molecular complexity index is 653. The third kappa shape index (κ3) is 3.69. The summed E-state index contributed by atoms with van der Waals surface area (Å²) in [5, 5.41) is 0. The molecule has 3 rings (SSSR count). The third-order valence-electron chi connectivity index (χ3n) is 4.62. The van der Waals surface area contributed by atoms with E-state index in [4.69, 9.17) is 16.2 Å². The Labute approximate surface area is 141 Å². The van der Waals surface area contributed by atoms with Crippen LogP contribution in [0, 0.1) is 0 Å². The fourth-order valence-electron chi connectivity index (χ4n) is 3.18. The number of hydrogen-bond acceptors (Lipinski definition) is 4. The second-order valence-electron chi connectivity index (χ2n) is 6.44. The average Bonchev–Trinajstić information content (AvgIpc) is 3.40. The zero-order valence-electron chi connectivity index (χ0n) is 13.6. The van der Waals surface area contributed by atoms with Crippen LogP contribution in [0.25, 0.3) is 0 Å². The molecule has 0 spiro atoms. The van der Waals surface area contributed by atoms with E-state index >= 15 is 0 Å². The maximum Gasteiger partial charge on any atom is 0.410 e. The number of amides is 2. The summed E-state index contributed by atoms with van der Waals surface area (Å²) in [7, 11) is 0. The lowest BCUT2D eigenvalue weighted by Gasteiger charge is -2.34. The summed E-state index contributed by atoms with van der Waals surface area (Å²) in [5.41, 5.74) is 13.3. The molecule has 1 atom stereocenters. The van der Waals surface area contributed by atoms with E-state index in [1.165, 1.54) is 0 Å². The quantitative estimate of drug-likeness (QED) is 0.863. The van der Waals surface area contributed by atoms with E-state index < -0.39 is 5.91 Å². The molecule has 0 heterocycles. The van der Waals surface area contributed by atoms with Crippen molar-refractivity contribution in [1.29, 1.82) is 0 Å². The molecule has 1 unspecified atom stereocenters. The van der Waals surface area contributed by atoms with Crippen LogP contribution in [0.1, 0.15) is 37.7 Å². The molecule has 24 heavy (non-hydrogen) atoms. The highest BCUT2D eigenvalue weighted by Gasteiger charge is 2.40. The van der Waals surface area contributed by atoms with Crippen LogP contribution in [0.2, 0.25) is 0 Å². The van der Waals surface area contributed by atoms with Gasteiger partial charge in [0.2, 0.25) is 5.91 Å². The van der Waals surface area contributed by atoms with E-state index in [9.17, 15) is 9.59 Å². The highest BCUT2D eigenvalue weighted by molar-refractivity contribution is 5.93. The lowest BCUT2D eigenvalue weighted by molar-refractivity contribution is -0.115. The number of nitrogens with zero attached hydrogens (tertiary/aromatic N) is 1. The topological polar surface area (TPSA) is 98.6 Å². The molecule has 0 aromatic heterocycles. The number of ether oxygens (including phenoxy) is 1. The number of allylic oxidation sites excluding steroid dienone is 1. The molecule has 2 aliphatic rings. The fourth-order valence-corrected chi connectivity index (χ4v) is 3.18. The largest absolute Gasteiger partial charge is 0.445 e. The number of benzene rings is 1. The first kappa shape index (κ1) is 16.4. The van der Waals surface area contributed by atoms with Crippen LogP contribution in [0.4, 0.5) is 4.79 Å². The first-order chi connectivity index (χ1) is 11.6. The van der Waals surface area contributed by atoms with Crippen LogP contribution in [0.5, 0.6) is 0 Å². The minimum Gasteiger partial charge on any atom is -0.445 e. The van der Waals surface area contributed by atoms with E-state index in [-0.39, 0.29) is 24.8 Å². The average molecular weight is 329 g/mol. The van der Waals surface area contributed by atoms with Gasteiger partial charge in [-0.2, -0.15) is 0 Å². The molecular formula is C18H23N3O3. The Morgan fingerprint density at radius 2 is 1.83 bits per heavy atom. The molecule has 6 nitrogen and oxygen atoms in total. The van der Waals surface area contributed by atoms with Crippen LogP contribution >= 0.6 is 0 Å². The van der Waals surface area contributed by atoms with Crippen molar-refractivity contribution in [3.63, 3.8) is 0 Å². The van der Waals surface area contributed by atoms with Crippen molar-refractivity contribution in [1.82, 2.24) is 4.90 Å². The molecule has 4 N–H and O–H groups in total. The Kier molecular flexibility index (Phi) is 4.74. The first-order valence-electron chi connectivity index (χ1n) is 8.32. The Balaban J connectivity index is 1.67. The normalized spacial score (nSPS) is 20.6. The third-order valence-corrected chi connectivity index (χ3v) is 4.62. The van der Waals surface area contributed by atoms with Gasteiger partial charge in [-0.25, -0.2) is 4.79 Å². The molecule has 2 aliphatic carbocycles. The van der Waals surface area contributed by atoms with Crippen molar-refractivity contribution in [2.75, 3.05) is 0 Å². The molecule has 0 radical (unpaired) electrons. The number of rotatable bonds is 5. The van der Waals surface area contributed by atoms with Gasteiger partial charge in [-0.05, 0) is 31.2 Å². The van der Waals surface area contributed by atoms with Crippen LogP contribution in [-0.4, -0.2) is 29.0 Å². The summed E-state index contributed by atoms with van der Waals surface area (Å²) < 4.78 is 5.49. The van der Waals surface area contributed by atoms with Crippen molar-refractivity contribution < 1.29 is 14.3 Å². The highest BCUT2D eigenvalue weighted by Crippen LogP contribution is 2.35. The maximum atomic E-state index is 12.6. The minimum absolute atomic E-state index is 0.0735. The molecule has 2 amide bonds. The molecule has 1 saturated carbocycles. The van der Waals surface area contributed by atoms with E-state index in [2.05, 4.69) is 0 Å². The second kappa shape index (κ2) is 6.95. The summed E-state index contributed by atoms with van der Waals surface area (Å²) >= 11 is 0. The van der Waals surface area contributed by atoms with Crippen LogP contribution < -0.4 is 11.5 Å². The Morgan fingerprint density at radius 1 is 1.12 bits per heavy atom. The minimum atomic E-state index is -0.495. The van der Waals surface area contributed by atoms with Gasteiger partial charge < -0.3 is 21.1 Å². The van der Waals surface area contributed by atoms with Crippen molar-refractivity contribution in [2.45, 2.75) is 50.8 Å². The van der Waals surface area contributed by atoms with Crippen molar-refractivity contribution in [3.05, 3.63) is 47.2 Å². The first-order valence-corrected chi connectivity index (χ1v) is 8.32. The lowest BCUT2D eigenvalue weighted by atomic mass is 9.90. The Morgan fingerprint density at radius 3 is 2.46 bits per heavy atom. The van der Waals surface area contributed by atoms with E-state index in [0.717, 1.165) is 24.8 Å². The second-order valence-corrected chi connectivity index (χ2v) is 6.44. The molecule has 128 valence electrons. The Hall–Kier alpha value is -2.50. The molecule has 1 aromatic rings. The van der Waals surface area contributed by atoms with Crippen molar-refractivity contribution >= 4 is 12.0 Å². The van der Waals surface area contributed by atoms with Crippen molar-refractivity contribution in [2.24, 2.45) is 11.5 Å². The summed E-state index contributed by atoms with van der Waals surface area (Å²) in [4.78, 5) is 25.9. The van der Waals surface area contributed by atoms with Gasteiger partial charge in [0.15, 0.2) is 0 Å². The van der Waals surface area contributed by atoms with Crippen LogP contribution in [-0.2, 0) is 16.1 Å². The molecule has 1 aromatic carbocycles. The van der Waals surface area contributed by atoms with Gasteiger partial charge in [-0.1, -0.05) is 30.3 Å². The lowest BCUT2D eigenvalue weighted by Crippen LogP contribution is -2.45. The van der Waals surface area contributed by atoms with Crippen LogP contribution in [0.15, 0.2) is 41.6 Å². The summed E-state index contributed by atoms with van der Waals surface area (Å²) in [5.74, 6) is -0.495. The number of nitrogens with two attached hydrogens (primary N) is 2. The number of carbonyl (C=O) groups excluding carboxylic acids is 2. The van der Waals surface area contributed by atoms with Gasteiger partial charge in [0, 0.05) is 29.8 Å². The monoisotopic (exact) mass is 329 g/mol. The number of hydrogen-bond donors (Lipinski definition) is 2. The van der Waals surface area contributed by atoms with Gasteiger partial charge >= 0.3 is 6.09 Å². The molecule has 1 fully saturated rings. The molecule has 0 saturated heterocycles.